The van der Waals surface area contributed by atoms with Gasteiger partial charge in [0.25, 0.3) is 0 Å². The van der Waals surface area contributed by atoms with Gasteiger partial charge >= 0.3 is 5.97 Å². The quantitative estimate of drug-likeness (QED) is 0.883. The van der Waals surface area contributed by atoms with E-state index in [1.165, 1.54) is 6.07 Å². The Labute approximate surface area is 116 Å². The molecular formula is C14H17FN2O3. The minimum Gasteiger partial charge on any atom is -0.478 e. The fraction of sp³-hybridized carbons (Fsp3) is 0.429. The van der Waals surface area contributed by atoms with Crippen molar-refractivity contribution < 1.29 is 19.1 Å². The molecule has 0 aliphatic carbocycles. The lowest BCUT2D eigenvalue weighted by Gasteiger charge is -2.37. The molecule has 20 heavy (non-hydrogen) atoms. The summed E-state index contributed by atoms with van der Waals surface area (Å²) >= 11 is 0. The number of amides is 1. The third kappa shape index (κ3) is 2.59. The SMILES string of the molecule is CNC(=O)C1CCCCN1c1cccc(F)c1C(=O)O. The standard InChI is InChI=1S/C14H17FN2O3/c1-16-13(18)11-6-2-3-8-17(11)10-7-4-5-9(15)12(10)14(19)20/h4-5,7,11H,2-3,6,8H2,1H3,(H,16,18)(H,19,20). The number of benzene rings is 1. The Bertz CT molecular complexity index is 533. The summed E-state index contributed by atoms with van der Waals surface area (Å²) in [6.45, 7) is 0.543. The fourth-order valence-corrected chi connectivity index (χ4v) is 2.62. The maximum Gasteiger partial charge on any atom is 0.340 e. The smallest absolute Gasteiger partial charge is 0.340 e. The maximum atomic E-state index is 13.8. The van der Waals surface area contributed by atoms with Crippen LogP contribution in [0.25, 0.3) is 0 Å². The molecule has 1 aliphatic rings. The Kier molecular flexibility index (Phi) is 4.22. The number of hydrogen-bond acceptors (Lipinski definition) is 3. The molecule has 0 bridgehead atoms. The van der Waals surface area contributed by atoms with E-state index in [1.54, 1.807) is 18.0 Å². The summed E-state index contributed by atoms with van der Waals surface area (Å²) in [5.41, 5.74) is -0.103. The molecule has 1 atom stereocenters. The number of carbonyl (C=O) groups is 2. The number of carboxylic acids is 1. The largest absolute Gasteiger partial charge is 0.478 e. The summed E-state index contributed by atoms with van der Waals surface area (Å²) in [5.74, 6) is -2.28. The van der Waals surface area contributed by atoms with Crippen LogP contribution in [0.1, 0.15) is 29.6 Å². The van der Waals surface area contributed by atoms with E-state index < -0.39 is 17.8 Å². The van der Waals surface area contributed by atoms with Gasteiger partial charge in [0.05, 0.1) is 5.69 Å². The zero-order valence-electron chi connectivity index (χ0n) is 11.2. The molecule has 1 heterocycles. The summed E-state index contributed by atoms with van der Waals surface area (Å²) in [4.78, 5) is 24.9. The van der Waals surface area contributed by atoms with E-state index in [4.69, 9.17) is 0 Å². The van der Waals surface area contributed by atoms with Crippen LogP contribution in [0.5, 0.6) is 0 Å². The van der Waals surface area contributed by atoms with Gasteiger partial charge in [0, 0.05) is 13.6 Å². The van der Waals surface area contributed by atoms with Gasteiger partial charge in [-0.25, -0.2) is 9.18 Å². The predicted molar refractivity (Wildman–Crippen MR) is 72.4 cm³/mol. The van der Waals surface area contributed by atoms with E-state index in [9.17, 15) is 19.1 Å². The first-order valence-corrected chi connectivity index (χ1v) is 6.56. The molecule has 108 valence electrons. The van der Waals surface area contributed by atoms with Crippen molar-refractivity contribution in [2.24, 2.45) is 0 Å². The molecule has 1 amide bonds. The van der Waals surface area contributed by atoms with Crippen LogP contribution in [-0.2, 0) is 4.79 Å². The molecule has 0 radical (unpaired) electrons. The molecule has 0 spiro atoms. The van der Waals surface area contributed by atoms with Crippen LogP contribution in [0.2, 0.25) is 0 Å². The molecule has 1 aromatic rings. The van der Waals surface area contributed by atoms with Crippen molar-refractivity contribution >= 4 is 17.6 Å². The molecule has 1 aromatic carbocycles. The van der Waals surface area contributed by atoms with Gasteiger partial charge in [-0.2, -0.15) is 0 Å². The lowest BCUT2D eigenvalue weighted by Crippen LogP contribution is -2.49. The number of piperidine rings is 1. The molecule has 6 heteroatoms. The summed E-state index contributed by atoms with van der Waals surface area (Å²) < 4.78 is 13.8. The van der Waals surface area contributed by atoms with Gasteiger partial charge in [0.2, 0.25) is 5.91 Å². The van der Waals surface area contributed by atoms with Crippen LogP contribution < -0.4 is 10.2 Å². The number of halogens is 1. The second-order valence-electron chi connectivity index (χ2n) is 4.76. The van der Waals surface area contributed by atoms with Crippen molar-refractivity contribution in [1.29, 1.82) is 0 Å². The van der Waals surface area contributed by atoms with Crippen molar-refractivity contribution in [2.75, 3.05) is 18.5 Å². The molecule has 0 saturated carbocycles. The highest BCUT2D eigenvalue weighted by Gasteiger charge is 2.31. The van der Waals surface area contributed by atoms with Crippen molar-refractivity contribution in [3.05, 3.63) is 29.6 Å². The Morgan fingerprint density at radius 1 is 1.40 bits per heavy atom. The third-order valence-corrected chi connectivity index (χ3v) is 3.57. The van der Waals surface area contributed by atoms with Gasteiger partial charge in [-0.3, -0.25) is 4.79 Å². The van der Waals surface area contributed by atoms with E-state index in [0.29, 0.717) is 13.0 Å². The van der Waals surface area contributed by atoms with Crippen LogP contribution in [0, 0.1) is 5.82 Å². The van der Waals surface area contributed by atoms with Gasteiger partial charge < -0.3 is 15.3 Å². The number of carbonyl (C=O) groups excluding carboxylic acids is 1. The molecule has 1 saturated heterocycles. The summed E-state index contributed by atoms with van der Waals surface area (Å²) in [7, 11) is 1.54. The van der Waals surface area contributed by atoms with Gasteiger partial charge in [-0.05, 0) is 31.4 Å². The van der Waals surface area contributed by atoms with Crippen molar-refractivity contribution in [2.45, 2.75) is 25.3 Å². The summed E-state index contributed by atoms with van der Waals surface area (Å²) in [6.07, 6.45) is 2.38. The number of carboxylic acid groups (broad SMARTS) is 1. The molecule has 1 unspecified atom stereocenters. The number of hydrogen-bond donors (Lipinski definition) is 2. The average molecular weight is 280 g/mol. The van der Waals surface area contributed by atoms with Crippen molar-refractivity contribution in [3.63, 3.8) is 0 Å². The second kappa shape index (κ2) is 5.90. The monoisotopic (exact) mass is 280 g/mol. The Balaban J connectivity index is 2.45. The molecule has 2 rings (SSSR count). The molecule has 5 nitrogen and oxygen atoms in total. The van der Waals surface area contributed by atoms with E-state index in [0.717, 1.165) is 18.9 Å². The highest BCUT2D eigenvalue weighted by molar-refractivity contribution is 5.96. The van der Waals surface area contributed by atoms with E-state index in [-0.39, 0.29) is 17.2 Å². The Morgan fingerprint density at radius 2 is 2.15 bits per heavy atom. The molecule has 2 N–H and O–H groups in total. The lowest BCUT2D eigenvalue weighted by molar-refractivity contribution is -0.122. The summed E-state index contributed by atoms with van der Waals surface area (Å²) in [6, 6.07) is 3.68. The number of nitrogens with zero attached hydrogens (tertiary/aromatic N) is 1. The van der Waals surface area contributed by atoms with Crippen LogP contribution >= 0.6 is 0 Å². The first kappa shape index (κ1) is 14.3. The zero-order valence-corrected chi connectivity index (χ0v) is 11.2. The minimum absolute atomic E-state index is 0.176. The summed E-state index contributed by atoms with van der Waals surface area (Å²) in [5, 5.41) is 11.8. The van der Waals surface area contributed by atoms with Crippen LogP contribution in [0.4, 0.5) is 10.1 Å². The topological polar surface area (TPSA) is 69.6 Å². The van der Waals surface area contributed by atoms with Gasteiger partial charge in [0.15, 0.2) is 0 Å². The minimum atomic E-state index is -1.32. The van der Waals surface area contributed by atoms with Gasteiger partial charge in [-0.1, -0.05) is 6.07 Å². The first-order chi connectivity index (χ1) is 9.56. The third-order valence-electron chi connectivity index (χ3n) is 3.57. The molecule has 1 fully saturated rings. The normalized spacial score (nSPS) is 18.7. The second-order valence-corrected chi connectivity index (χ2v) is 4.76. The van der Waals surface area contributed by atoms with E-state index >= 15 is 0 Å². The predicted octanol–water partition coefficient (Wildman–Crippen LogP) is 1.63. The lowest BCUT2D eigenvalue weighted by atomic mass is 9.99. The number of aromatic carboxylic acids is 1. The van der Waals surface area contributed by atoms with E-state index in [1.807, 2.05) is 0 Å². The number of likely N-dealkylation sites (N-methyl/N-ethyl adjacent to an activating group) is 1. The Hall–Kier alpha value is -2.11. The zero-order chi connectivity index (χ0) is 14.7. The maximum absolute atomic E-state index is 13.8. The first-order valence-electron chi connectivity index (χ1n) is 6.56. The van der Waals surface area contributed by atoms with Crippen molar-refractivity contribution in [1.82, 2.24) is 5.32 Å². The number of rotatable bonds is 3. The van der Waals surface area contributed by atoms with E-state index in [2.05, 4.69) is 5.32 Å². The molecular weight excluding hydrogens is 263 g/mol. The average Bonchev–Trinajstić information content (AvgIpc) is 2.45. The highest BCUT2D eigenvalue weighted by Crippen LogP contribution is 2.29. The fourth-order valence-electron chi connectivity index (χ4n) is 2.62. The molecule has 0 aromatic heterocycles. The molecule has 1 aliphatic heterocycles. The van der Waals surface area contributed by atoms with Gasteiger partial charge in [0.1, 0.15) is 17.4 Å². The van der Waals surface area contributed by atoms with Crippen molar-refractivity contribution in [3.8, 4) is 0 Å². The van der Waals surface area contributed by atoms with Crippen LogP contribution in [0.3, 0.4) is 0 Å². The van der Waals surface area contributed by atoms with Crippen LogP contribution in [-0.4, -0.2) is 36.6 Å². The highest BCUT2D eigenvalue weighted by atomic mass is 19.1. The Morgan fingerprint density at radius 3 is 2.80 bits per heavy atom. The number of anilines is 1. The number of nitrogens with one attached hydrogen (secondary N) is 1. The van der Waals surface area contributed by atoms with Gasteiger partial charge in [-0.15, -0.1) is 0 Å². The van der Waals surface area contributed by atoms with Crippen LogP contribution in [0.15, 0.2) is 18.2 Å².